The van der Waals surface area contributed by atoms with Crippen molar-refractivity contribution in [2.45, 2.75) is 50.4 Å². The molecule has 4 atom stereocenters. The number of carbonyl (C=O) groups excluding carboxylic acids is 1. The Morgan fingerprint density at radius 1 is 1.33 bits per heavy atom. The summed E-state index contributed by atoms with van der Waals surface area (Å²) in [5.74, 6) is 0.204. The molecule has 0 unspecified atom stereocenters. The van der Waals surface area contributed by atoms with Gasteiger partial charge in [0.2, 0.25) is 5.91 Å². The van der Waals surface area contributed by atoms with Gasteiger partial charge in [0.15, 0.2) is 0 Å². The van der Waals surface area contributed by atoms with Crippen LogP contribution in [0.2, 0.25) is 5.02 Å². The Morgan fingerprint density at radius 3 is 2.83 bits per heavy atom. The molecular formula is C19H25ClN2O2. The third-order valence-corrected chi connectivity index (χ3v) is 5.96. The summed E-state index contributed by atoms with van der Waals surface area (Å²) in [5.41, 5.74) is 1.19. The Balaban J connectivity index is 1.43. The zero-order chi connectivity index (χ0) is 16.5. The molecule has 2 bridgehead atoms. The van der Waals surface area contributed by atoms with Gasteiger partial charge in [0.25, 0.3) is 0 Å². The number of amides is 1. The molecule has 0 radical (unpaired) electrons. The molecule has 1 aromatic carbocycles. The van der Waals surface area contributed by atoms with E-state index in [9.17, 15) is 4.79 Å². The molecule has 3 aliphatic heterocycles. The van der Waals surface area contributed by atoms with Gasteiger partial charge in [0.1, 0.15) is 0 Å². The van der Waals surface area contributed by atoms with Crippen molar-refractivity contribution in [3.63, 3.8) is 0 Å². The average Bonchev–Trinajstić information content (AvgIpc) is 3.33. The molecule has 1 N–H and O–H groups in total. The van der Waals surface area contributed by atoms with Gasteiger partial charge in [-0.3, -0.25) is 9.69 Å². The number of fused-ring (bicyclic) bond motifs is 2. The van der Waals surface area contributed by atoms with Crippen molar-refractivity contribution < 1.29 is 9.53 Å². The van der Waals surface area contributed by atoms with Gasteiger partial charge in [0, 0.05) is 11.6 Å². The van der Waals surface area contributed by atoms with E-state index in [0.717, 1.165) is 37.4 Å². The molecule has 5 heteroatoms. The van der Waals surface area contributed by atoms with Crippen LogP contribution >= 0.6 is 11.6 Å². The zero-order valence-corrected chi connectivity index (χ0v) is 14.7. The largest absolute Gasteiger partial charge is 0.374 e. The molecule has 3 heterocycles. The summed E-state index contributed by atoms with van der Waals surface area (Å²) >= 11 is 6.18. The second kappa shape index (κ2) is 7.03. The first kappa shape index (κ1) is 16.4. The topological polar surface area (TPSA) is 41.6 Å². The van der Waals surface area contributed by atoms with Crippen LogP contribution in [0.25, 0.3) is 0 Å². The molecule has 1 amide bonds. The lowest BCUT2D eigenvalue weighted by Crippen LogP contribution is -2.41. The number of nitrogens with zero attached hydrogens (tertiary/aromatic N) is 1. The fourth-order valence-electron chi connectivity index (χ4n) is 4.47. The van der Waals surface area contributed by atoms with Crippen molar-refractivity contribution in [1.82, 2.24) is 10.2 Å². The molecule has 4 rings (SSSR count). The lowest BCUT2D eigenvalue weighted by Gasteiger charge is -2.29. The molecule has 3 aliphatic rings. The molecule has 0 saturated carbocycles. The number of hydrogen-bond donors (Lipinski definition) is 1. The van der Waals surface area contributed by atoms with Crippen LogP contribution in [0.1, 0.15) is 43.7 Å². The van der Waals surface area contributed by atoms with Crippen molar-refractivity contribution in [3.8, 4) is 0 Å². The molecule has 4 nitrogen and oxygen atoms in total. The van der Waals surface area contributed by atoms with E-state index in [1.807, 2.05) is 18.2 Å². The highest BCUT2D eigenvalue weighted by Gasteiger charge is 2.44. The molecule has 3 fully saturated rings. The van der Waals surface area contributed by atoms with Gasteiger partial charge in [-0.25, -0.2) is 0 Å². The lowest BCUT2D eigenvalue weighted by atomic mass is 9.88. The molecule has 24 heavy (non-hydrogen) atoms. The van der Waals surface area contributed by atoms with Gasteiger partial charge in [-0.1, -0.05) is 23.7 Å². The number of rotatable bonds is 5. The Morgan fingerprint density at radius 2 is 2.17 bits per heavy atom. The minimum absolute atomic E-state index is 0.0438. The van der Waals surface area contributed by atoms with Gasteiger partial charge in [0.05, 0.1) is 24.2 Å². The van der Waals surface area contributed by atoms with Crippen LogP contribution in [-0.4, -0.2) is 42.6 Å². The summed E-state index contributed by atoms with van der Waals surface area (Å²) in [7, 11) is 0. The monoisotopic (exact) mass is 348 g/mol. The van der Waals surface area contributed by atoms with E-state index in [4.69, 9.17) is 16.3 Å². The summed E-state index contributed by atoms with van der Waals surface area (Å²) < 4.78 is 5.82. The molecule has 0 spiro atoms. The maximum atomic E-state index is 12.6. The fraction of sp³-hybridized carbons (Fsp3) is 0.632. The van der Waals surface area contributed by atoms with Crippen LogP contribution in [0.3, 0.4) is 0 Å². The van der Waals surface area contributed by atoms with Crippen LogP contribution in [0, 0.1) is 5.92 Å². The zero-order valence-electron chi connectivity index (χ0n) is 13.9. The molecule has 1 aromatic rings. The average molecular weight is 349 g/mol. The van der Waals surface area contributed by atoms with Gasteiger partial charge < -0.3 is 10.1 Å². The van der Waals surface area contributed by atoms with E-state index in [1.165, 1.54) is 18.4 Å². The van der Waals surface area contributed by atoms with Crippen LogP contribution in [0.5, 0.6) is 0 Å². The first-order valence-corrected chi connectivity index (χ1v) is 9.51. The highest BCUT2D eigenvalue weighted by atomic mass is 35.5. The van der Waals surface area contributed by atoms with Crippen LogP contribution in [0.15, 0.2) is 24.3 Å². The quantitative estimate of drug-likeness (QED) is 0.888. The summed E-state index contributed by atoms with van der Waals surface area (Å²) in [6, 6.07) is 8.23. The second-order valence-electron chi connectivity index (χ2n) is 7.28. The van der Waals surface area contributed by atoms with Crippen molar-refractivity contribution in [1.29, 1.82) is 0 Å². The number of halogens is 1. The predicted octanol–water partition coefficient (Wildman–Crippen LogP) is 3.16. The third-order valence-electron chi connectivity index (χ3n) is 5.73. The summed E-state index contributed by atoms with van der Waals surface area (Å²) in [6.07, 6.45) is 5.96. The Hall–Kier alpha value is -1.10. The van der Waals surface area contributed by atoms with E-state index >= 15 is 0 Å². The van der Waals surface area contributed by atoms with Crippen LogP contribution in [0.4, 0.5) is 0 Å². The maximum Gasteiger partial charge on any atom is 0.225 e. The van der Waals surface area contributed by atoms with Crippen LogP contribution in [-0.2, 0) is 9.53 Å². The normalized spacial score (nSPS) is 30.6. The van der Waals surface area contributed by atoms with E-state index in [-0.39, 0.29) is 24.0 Å². The predicted molar refractivity (Wildman–Crippen MR) is 94.0 cm³/mol. The number of ether oxygens (including phenoxy) is 1. The highest BCUT2D eigenvalue weighted by molar-refractivity contribution is 6.30. The summed E-state index contributed by atoms with van der Waals surface area (Å²) in [5, 5.41) is 3.95. The number of carbonyl (C=O) groups is 1. The molecule has 130 valence electrons. The summed E-state index contributed by atoms with van der Waals surface area (Å²) in [6.45, 7) is 2.82. The van der Waals surface area contributed by atoms with E-state index < -0.39 is 0 Å². The third kappa shape index (κ3) is 3.32. The smallest absolute Gasteiger partial charge is 0.225 e. The Labute approximate surface area is 148 Å². The van der Waals surface area contributed by atoms with Crippen molar-refractivity contribution in [3.05, 3.63) is 34.9 Å². The number of likely N-dealkylation sites (tertiary alicyclic amines) is 1. The van der Waals surface area contributed by atoms with E-state index in [0.29, 0.717) is 12.6 Å². The fourth-order valence-corrected chi connectivity index (χ4v) is 4.67. The van der Waals surface area contributed by atoms with Crippen molar-refractivity contribution >= 4 is 17.5 Å². The first-order valence-electron chi connectivity index (χ1n) is 9.13. The minimum atomic E-state index is 0.0438. The van der Waals surface area contributed by atoms with Crippen LogP contribution < -0.4 is 5.32 Å². The van der Waals surface area contributed by atoms with Crippen molar-refractivity contribution in [2.75, 3.05) is 19.6 Å². The van der Waals surface area contributed by atoms with E-state index in [2.05, 4.69) is 16.3 Å². The number of nitrogens with one attached hydrogen (secondary N) is 1. The van der Waals surface area contributed by atoms with Gasteiger partial charge in [-0.15, -0.1) is 0 Å². The second-order valence-corrected chi connectivity index (χ2v) is 7.71. The molecule has 3 saturated heterocycles. The SMILES string of the molecule is O=C(NC[C@@H](c1cccc(Cl)c1)N1CCCC1)[C@H]1C[C@H]2CC[C@H]1O2. The Kier molecular flexibility index (Phi) is 4.79. The van der Waals surface area contributed by atoms with Gasteiger partial charge in [-0.05, 0) is 62.9 Å². The lowest BCUT2D eigenvalue weighted by molar-refractivity contribution is -0.126. The van der Waals surface area contributed by atoms with Gasteiger partial charge >= 0.3 is 0 Å². The highest BCUT2D eigenvalue weighted by Crippen LogP contribution is 2.39. The first-order chi connectivity index (χ1) is 11.7. The Bertz CT molecular complexity index is 603. The molecular weight excluding hydrogens is 324 g/mol. The standard InChI is InChI=1S/C19H25ClN2O2/c20-14-5-3-4-13(10-14)17(22-8-1-2-9-22)12-21-19(23)16-11-15-6-7-18(16)24-15/h3-5,10,15-18H,1-2,6-9,11-12H2,(H,21,23)/t15-,16+,17+,18-/m1/s1. The number of hydrogen-bond acceptors (Lipinski definition) is 3. The molecule has 0 aromatic heterocycles. The van der Waals surface area contributed by atoms with Gasteiger partial charge in [-0.2, -0.15) is 0 Å². The van der Waals surface area contributed by atoms with E-state index in [1.54, 1.807) is 0 Å². The minimum Gasteiger partial charge on any atom is -0.374 e. The summed E-state index contributed by atoms with van der Waals surface area (Å²) in [4.78, 5) is 15.1. The maximum absolute atomic E-state index is 12.6. The number of benzene rings is 1. The van der Waals surface area contributed by atoms with Crippen molar-refractivity contribution in [2.24, 2.45) is 5.92 Å². The molecule has 0 aliphatic carbocycles.